The second-order valence-electron chi connectivity index (χ2n) is 10.2. The van der Waals surface area contributed by atoms with E-state index >= 15 is 0 Å². The molecule has 0 spiro atoms. The third-order valence-electron chi connectivity index (χ3n) is 6.48. The second-order valence-corrected chi connectivity index (χ2v) is 14.5. The molecule has 0 N–H and O–H groups in total. The average Bonchev–Trinajstić information content (AvgIpc) is 2.67. The molecule has 0 radical (unpaired) electrons. The molecule has 162 valence electrons. The molecule has 1 unspecified atom stereocenters. The summed E-state index contributed by atoms with van der Waals surface area (Å²) < 4.78 is 0. The van der Waals surface area contributed by atoms with Crippen molar-refractivity contribution >= 4 is 7.26 Å². The van der Waals surface area contributed by atoms with Crippen molar-refractivity contribution in [2.75, 3.05) is 18.5 Å². The van der Waals surface area contributed by atoms with Gasteiger partial charge in [-0.25, -0.2) is 0 Å². The van der Waals surface area contributed by atoms with Crippen molar-refractivity contribution in [3.63, 3.8) is 0 Å². The lowest BCUT2D eigenvalue weighted by Crippen LogP contribution is -2.18. The molecule has 0 aliphatic carbocycles. The summed E-state index contributed by atoms with van der Waals surface area (Å²) in [6, 6.07) is 9.91. The molecule has 1 atom stereocenters. The highest BCUT2D eigenvalue weighted by atomic mass is 31.2. The van der Waals surface area contributed by atoms with Gasteiger partial charge in [0.05, 0.1) is 24.6 Å². The van der Waals surface area contributed by atoms with Gasteiger partial charge < -0.3 is 0 Å². The first-order chi connectivity index (χ1) is 13.3. The summed E-state index contributed by atoms with van der Waals surface area (Å²) in [5.41, 5.74) is 3.51. The molecule has 0 saturated heterocycles. The van der Waals surface area contributed by atoms with Crippen molar-refractivity contribution in [3.05, 3.63) is 35.4 Å². The minimum Gasteiger partial charge on any atom is -0.0654 e. The quantitative estimate of drug-likeness (QED) is 0.270. The molecule has 1 aromatic carbocycles. The third kappa shape index (κ3) is 8.57. The Morgan fingerprint density at radius 3 is 1.54 bits per heavy atom. The highest BCUT2D eigenvalue weighted by Gasteiger charge is 2.35. The predicted octanol–water partition coefficient (Wildman–Crippen LogP) is 9.53. The SMILES string of the molecule is CCCC[P+](CCCC)(CCCC)Cc1ccc(C(CCC)C(C)(C)C)cc1. The van der Waals surface area contributed by atoms with Gasteiger partial charge in [-0.05, 0) is 48.1 Å². The van der Waals surface area contributed by atoms with Gasteiger partial charge in [0, 0.05) is 7.26 Å². The molecule has 0 amide bonds. The predicted molar refractivity (Wildman–Crippen MR) is 133 cm³/mol. The lowest BCUT2D eigenvalue weighted by molar-refractivity contribution is 0.303. The van der Waals surface area contributed by atoms with Crippen LogP contribution in [-0.4, -0.2) is 18.5 Å². The standard InChI is InChI=1S/C27H50P/c1-8-12-20-28(21-13-9-2,22-14-10-3)23-24-16-18-25(19-17-24)26(15-11-4)27(5,6)7/h16-19,26H,8-15,20-23H2,1-7H3/q+1. The zero-order chi connectivity index (χ0) is 21.0. The van der Waals surface area contributed by atoms with E-state index in [1.54, 1.807) is 11.1 Å². The van der Waals surface area contributed by atoms with Gasteiger partial charge in [0.15, 0.2) is 0 Å². The number of hydrogen-bond acceptors (Lipinski definition) is 0. The Balaban J connectivity index is 3.03. The van der Waals surface area contributed by atoms with Crippen LogP contribution in [0.2, 0.25) is 0 Å². The first-order valence-corrected chi connectivity index (χ1v) is 14.8. The zero-order valence-corrected chi connectivity index (χ0v) is 21.2. The van der Waals surface area contributed by atoms with Crippen molar-refractivity contribution in [2.45, 2.75) is 112 Å². The van der Waals surface area contributed by atoms with E-state index in [0.29, 0.717) is 11.3 Å². The first-order valence-electron chi connectivity index (χ1n) is 12.3. The summed E-state index contributed by atoms with van der Waals surface area (Å²) in [6.07, 6.45) is 16.9. The van der Waals surface area contributed by atoms with E-state index in [4.69, 9.17) is 0 Å². The molecule has 0 heterocycles. The van der Waals surface area contributed by atoms with Crippen molar-refractivity contribution < 1.29 is 0 Å². The molecule has 1 rings (SSSR count). The summed E-state index contributed by atoms with van der Waals surface area (Å²) in [5.74, 6) is 0.673. The summed E-state index contributed by atoms with van der Waals surface area (Å²) in [5, 5.41) is 0. The maximum atomic E-state index is 2.49. The van der Waals surface area contributed by atoms with Crippen LogP contribution >= 0.6 is 7.26 Å². The van der Waals surface area contributed by atoms with Gasteiger partial charge in [-0.15, -0.1) is 0 Å². The van der Waals surface area contributed by atoms with Gasteiger partial charge in [-0.3, -0.25) is 0 Å². The van der Waals surface area contributed by atoms with E-state index in [1.807, 2.05) is 0 Å². The van der Waals surface area contributed by atoms with Gasteiger partial charge in [0.2, 0.25) is 0 Å². The van der Waals surface area contributed by atoms with Crippen molar-refractivity contribution in [1.82, 2.24) is 0 Å². The number of rotatable bonds is 14. The summed E-state index contributed by atoms with van der Waals surface area (Å²) >= 11 is 0. The fourth-order valence-electron chi connectivity index (χ4n) is 4.68. The Morgan fingerprint density at radius 2 is 1.18 bits per heavy atom. The lowest BCUT2D eigenvalue weighted by atomic mass is 9.74. The van der Waals surface area contributed by atoms with Crippen LogP contribution in [0.1, 0.15) is 117 Å². The van der Waals surface area contributed by atoms with Gasteiger partial charge in [0.1, 0.15) is 0 Å². The Labute approximate surface area is 178 Å². The molecule has 0 saturated carbocycles. The van der Waals surface area contributed by atoms with Crippen LogP contribution < -0.4 is 0 Å². The van der Waals surface area contributed by atoms with Gasteiger partial charge in [-0.1, -0.05) is 98.4 Å². The Bertz CT molecular complexity index is 486. The Kier molecular flexibility index (Phi) is 12.0. The molecule has 0 aromatic heterocycles. The lowest BCUT2D eigenvalue weighted by Gasteiger charge is -2.31. The molecular weight excluding hydrogens is 355 g/mol. The third-order valence-corrected chi connectivity index (χ3v) is 11.3. The van der Waals surface area contributed by atoms with E-state index < -0.39 is 7.26 Å². The molecule has 0 aliphatic heterocycles. The van der Waals surface area contributed by atoms with Crippen LogP contribution in [0.25, 0.3) is 0 Å². The van der Waals surface area contributed by atoms with E-state index in [-0.39, 0.29) is 0 Å². The molecule has 1 aromatic rings. The number of benzene rings is 1. The largest absolute Gasteiger partial charge is 0.0842 e. The summed E-state index contributed by atoms with van der Waals surface area (Å²) in [6.45, 7) is 16.6. The molecule has 0 aliphatic rings. The van der Waals surface area contributed by atoms with Crippen LogP contribution in [0, 0.1) is 5.41 Å². The van der Waals surface area contributed by atoms with Gasteiger partial charge >= 0.3 is 0 Å². The molecule has 1 heteroatoms. The first kappa shape index (κ1) is 25.7. The molecular formula is C27H50P+. The van der Waals surface area contributed by atoms with E-state index in [0.717, 1.165) is 0 Å². The maximum absolute atomic E-state index is 2.49. The fourth-order valence-corrected chi connectivity index (χ4v) is 9.78. The Hall–Kier alpha value is -0.350. The molecule has 0 nitrogen and oxygen atoms in total. The van der Waals surface area contributed by atoms with E-state index in [2.05, 4.69) is 72.7 Å². The monoisotopic (exact) mass is 405 g/mol. The van der Waals surface area contributed by atoms with Crippen molar-refractivity contribution in [2.24, 2.45) is 5.41 Å². The van der Waals surface area contributed by atoms with Crippen LogP contribution in [0.3, 0.4) is 0 Å². The average molecular weight is 406 g/mol. The fraction of sp³-hybridized carbons (Fsp3) is 0.778. The van der Waals surface area contributed by atoms with Crippen molar-refractivity contribution in [1.29, 1.82) is 0 Å². The normalized spacial score (nSPS) is 13.7. The second kappa shape index (κ2) is 13.1. The maximum Gasteiger partial charge on any atom is 0.0842 e. The number of unbranched alkanes of at least 4 members (excludes halogenated alkanes) is 3. The van der Waals surface area contributed by atoms with Crippen LogP contribution in [0.15, 0.2) is 24.3 Å². The highest BCUT2D eigenvalue weighted by Crippen LogP contribution is 2.63. The minimum atomic E-state index is -0.852. The molecule has 0 fully saturated rings. The smallest absolute Gasteiger partial charge is 0.0654 e. The Morgan fingerprint density at radius 1 is 0.714 bits per heavy atom. The summed E-state index contributed by atoms with van der Waals surface area (Å²) in [7, 11) is -0.852. The molecule has 0 bridgehead atoms. The van der Waals surface area contributed by atoms with Gasteiger partial charge in [-0.2, -0.15) is 0 Å². The van der Waals surface area contributed by atoms with Crippen LogP contribution in [0.5, 0.6) is 0 Å². The molecule has 28 heavy (non-hydrogen) atoms. The summed E-state index contributed by atoms with van der Waals surface area (Å²) in [4.78, 5) is 0. The topological polar surface area (TPSA) is 0 Å². The minimum absolute atomic E-state index is 0.345. The van der Waals surface area contributed by atoms with E-state index in [9.17, 15) is 0 Å². The van der Waals surface area contributed by atoms with Crippen LogP contribution in [0.4, 0.5) is 0 Å². The highest BCUT2D eigenvalue weighted by molar-refractivity contribution is 7.75. The van der Waals surface area contributed by atoms with Crippen molar-refractivity contribution in [3.8, 4) is 0 Å². The van der Waals surface area contributed by atoms with E-state index in [1.165, 1.54) is 76.0 Å². The van der Waals surface area contributed by atoms with Gasteiger partial charge in [0.25, 0.3) is 0 Å². The number of hydrogen-bond donors (Lipinski definition) is 0. The zero-order valence-electron chi connectivity index (χ0n) is 20.3. The van der Waals surface area contributed by atoms with Crippen LogP contribution in [-0.2, 0) is 6.16 Å².